The zero-order valence-corrected chi connectivity index (χ0v) is 15.3. The van der Waals surface area contributed by atoms with Crippen LogP contribution in [-0.2, 0) is 20.1 Å². The molecule has 2 heterocycles. The monoisotopic (exact) mass is 349 g/mol. The highest BCUT2D eigenvalue weighted by molar-refractivity contribution is 7.18. The Bertz CT molecular complexity index is 836. The third kappa shape index (κ3) is 3.34. The van der Waals surface area contributed by atoms with Crippen molar-refractivity contribution in [3.05, 3.63) is 39.5 Å². The lowest BCUT2D eigenvalue weighted by Crippen LogP contribution is -2.18. The summed E-state index contributed by atoms with van der Waals surface area (Å²) in [6.07, 6.45) is 0. The van der Waals surface area contributed by atoms with E-state index in [-0.39, 0.29) is 0 Å². The zero-order chi connectivity index (χ0) is 16.6. The summed E-state index contributed by atoms with van der Waals surface area (Å²) >= 11 is 7.71. The normalized spacial score (nSPS) is 11.3. The third-order valence-corrected chi connectivity index (χ3v) is 4.98. The fourth-order valence-corrected chi connectivity index (χ4v) is 3.86. The Morgan fingerprint density at radius 1 is 1.30 bits per heavy atom. The molecule has 1 aromatic carbocycles. The zero-order valence-electron chi connectivity index (χ0n) is 13.7. The van der Waals surface area contributed by atoms with Crippen molar-refractivity contribution in [3.8, 4) is 0 Å². The number of benzene rings is 1. The molecule has 122 valence electrons. The second-order valence-corrected chi connectivity index (χ2v) is 7.28. The molecule has 0 aliphatic heterocycles. The molecule has 5 nitrogen and oxygen atoms in total. The van der Waals surface area contributed by atoms with Crippen LogP contribution in [0.5, 0.6) is 0 Å². The molecule has 0 fully saturated rings. The van der Waals surface area contributed by atoms with E-state index in [9.17, 15) is 0 Å². The Balaban J connectivity index is 1.71. The lowest BCUT2D eigenvalue weighted by atomic mass is 10.2. The molecule has 0 aliphatic rings. The number of aromatic nitrogens is 3. The van der Waals surface area contributed by atoms with Crippen molar-refractivity contribution in [1.29, 1.82) is 0 Å². The van der Waals surface area contributed by atoms with Crippen LogP contribution < -0.4 is 10.2 Å². The van der Waals surface area contributed by atoms with E-state index >= 15 is 0 Å². The molecule has 0 aliphatic carbocycles. The summed E-state index contributed by atoms with van der Waals surface area (Å²) in [6.45, 7) is 3.55. The first kappa shape index (κ1) is 16.2. The van der Waals surface area contributed by atoms with Gasteiger partial charge in [0.25, 0.3) is 0 Å². The molecule has 0 unspecified atom stereocenters. The molecule has 0 spiro atoms. The average molecular weight is 350 g/mol. The summed E-state index contributed by atoms with van der Waals surface area (Å²) in [6, 6.07) is 5.84. The van der Waals surface area contributed by atoms with Gasteiger partial charge in [-0.15, -0.1) is 11.3 Å². The molecule has 0 saturated carbocycles. The minimum Gasteiger partial charge on any atom is -0.363 e. The smallest absolute Gasteiger partial charge is 0.130 e. The number of nitrogens with one attached hydrogen (secondary N) is 1. The molecule has 0 saturated heterocycles. The van der Waals surface area contributed by atoms with Gasteiger partial charge < -0.3 is 10.2 Å². The predicted molar refractivity (Wildman–Crippen MR) is 97.4 cm³/mol. The van der Waals surface area contributed by atoms with Crippen LogP contribution in [0.4, 0.5) is 5.82 Å². The molecule has 2 aromatic heterocycles. The van der Waals surface area contributed by atoms with Crippen molar-refractivity contribution in [2.75, 3.05) is 19.0 Å². The van der Waals surface area contributed by atoms with Gasteiger partial charge in [-0.3, -0.25) is 4.68 Å². The predicted octanol–water partition coefficient (Wildman–Crippen LogP) is 3.35. The Kier molecular flexibility index (Phi) is 4.57. The van der Waals surface area contributed by atoms with Crippen molar-refractivity contribution in [3.63, 3.8) is 0 Å². The quantitative estimate of drug-likeness (QED) is 0.767. The minimum atomic E-state index is 0.726. The van der Waals surface area contributed by atoms with Crippen molar-refractivity contribution in [1.82, 2.24) is 20.1 Å². The molecule has 23 heavy (non-hydrogen) atoms. The maximum absolute atomic E-state index is 6.01. The van der Waals surface area contributed by atoms with Gasteiger partial charge in [0.15, 0.2) is 0 Å². The number of halogens is 1. The van der Waals surface area contributed by atoms with Crippen molar-refractivity contribution in [2.24, 2.45) is 7.05 Å². The van der Waals surface area contributed by atoms with Gasteiger partial charge in [0.1, 0.15) is 10.8 Å². The van der Waals surface area contributed by atoms with Crippen LogP contribution in [0.3, 0.4) is 0 Å². The molecule has 0 amide bonds. The maximum Gasteiger partial charge on any atom is 0.130 e. The Morgan fingerprint density at radius 3 is 2.83 bits per heavy atom. The van der Waals surface area contributed by atoms with Crippen LogP contribution in [0.15, 0.2) is 18.2 Å². The Labute approximate surface area is 144 Å². The van der Waals surface area contributed by atoms with Gasteiger partial charge in [-0.2, -0.15) is 5.10 Å². The average Bonchev–Trinajstić information content (AvgIpc) is 2.99. The number of aryl methyl sites for hydroxylation is 2. The lowest BCUT2D eigenvalue weighted by molar-refractivity contribution is 0.686. The van der Waals surface area contributed by atoms with Crippen LogP contribution >= 0.6 is 22.9 Å². The fourth-order valence-electron chi connectivity index (χ4n) is 2.77. The van der Waals surface area contributed by atoms with Crippen LogP contribution in [0.1, 0.15) is 16.3 Å². The number of thiazole rings is 1. The molecule has 0 bridgehead atoms. The largest absolute Gasteiger partial charge is 0.363 e. The number of hydrogen-bond donors (Lipinski definition) is 1. The second-order valence-electron chi connectivity index (χ2n) is 5.73. The third-order valence-electron chi connectivity index (χ3n) is 3.71. The highest BCUT2D eigenvalue weighted by Gasteiger charge is 2.14. The molecular formula is C16H20ClN5S. The fraction of sp³-hybridized carbons (Fsp3) is 0.375. The molecule has 3 aromatic rings. The highest BCUT2D eigenvalue weighted by Crippen LogP contribution is 2.25. The first-order chi connectivity index (χ1) is 11.0. The van der Waals surface area contributed by atoms with Crippen LogP contribution in [0, 0.1) is 6.92 Å². The summed E-state index contributed by atoms with van der Waals surface area (Å²) < 4.78 is 3.09. The first-order valence-electron chi connectivity index (χ1n) is 7.41. The van der Waals surface area contributed by atoms with E-state index < -0.39 is 0 Å². The van der Waals surface area contributed by atoms with E-state index in [1.807, 2.05) is 50.9 Å². The van der Waals surface area contributed by atoms with Gasteiger partial charge in [0, 0.05) is 44.8 Å². The van der Waals surface area contributed by atoms with Gasteiger partial charge in [0.05, 0.1) is 15.9 Å². The Morgan fingerprint density at radius 2 is 2.09 bits per heavy atom. The number of nitrogens with zero attached hydrogens (tertiary/aromatic N) is 4. The van der Waals surface area contributed by atoms with Crippen LogP contribution in [0.25, 0.3) is 10.2 Å². The van der Waals surface area contributed by atoms with E-state index in [1.54, 1.807) is 11.3 Å². The molecule has 7 heteroatoms. The van der Waals surface area contributed by atoms with Gasteiger partial charge in [-0.05, 0) is 25.1 Å². The van der Waals surface area contributed by atoms with E-state index in [1.165, 1.54) is 5.56 Å². The minimum absolute atomic E-state index is 0.726. The number of fused-ring (bicyclic) bond motifs is 1. The van der Waals surface area contributed by atoms with E-state index in [0.29, 0.717) is 0 Å². The number of anilines is 1. The van der Waals surface area contributed by atoms with Crippen molar-refractivity contribution < 1.29 is 0 Å². The van der Waals surface area contributed by atoms with E-state index in [4.69, 9.17) is 11.6 Å². The van der Waals surface area contributed by atoms with Gasteiger partial charge >= 0.3 is 0 Å². The summed E-state index contributed by atoms with van der Waals surface area (Å²) in [4.78, 5) is 6.72. The highest BCUT2D eigenvalue weighted by atomic mass is 35.5. The van der Waals surface area contributed by atoms with E-state index in [2.05, 4.69) is 20.3 Å². The summed E-state index contributed by atoms with van der Waals surface area (Å²) in [5.74, 6) is 1.13. The number of hydrogen-bond acceptors (Lipinski definition) is 5. The van der Waals surface area contributed by atoms with Crippen LogP contribution in [0.2, 0.25) is 5.02 Å². The maximum atomic E-state index is 6.01. The molecule has 3 rings (SSSR count). The number of rotatable bonds is 5. The summed E-state index contributed by atoms with van der Waals surface area (Å²) in [5, 5.41) is 9.78. The van der Waals surface area contributed by atoms with Gasteiger partial charge in [-0.25, -0.2) is 4.98 Å². The van der Waals surface area contributed by atoms with E-state index in [0.717, 1.165) is 44.8 Å². The lowest BCUT2D eigenvalue weighted by Gasteiger charge is -2.15. The molecule has 0 radical (unpaired) electrons. The van der Waals surface area contributed by atoms with Crippen LogP contribution in [-0.4, -0.2) is 28.9 Å². The summed E-state index contributed by atoms with van der Waals surface area (Å²) in [7, 11) is 6.05. The second kappa shape index (κ2) is 6.47. The van der Waals surface area contributed by atoms with Crippen molar-refractivity contribution in [2.45, 2.75) is 20.0 Å². The first-order valence-corrected chi connectivity index (χ1v) is 8.60. The standard InChI is InChI=1S/C16H20ClN5S/c1-10-12(16(21(2)3)22(4)20-10)8-18-9-15-19-13-7-11(17)5-6-14(13)23-15/h5-7,18H,8-9H2,1-4H3. The molecule has 0 atom stereocenters. The topological polar surface area (TPSA) is 46.0 Å². The SMILES string of the molecule is Cc1nn(C)c(N(C)C)c1CNCc1nc2cc(Cl)ccc2s1. The molecule has 1 N–H and O–H groups in total. The Hall–Kier alpha value is -1.63. The summed E-state index contributed by atoms with van der Waals surface area (Å²) in [5.41, 5.74) is 3.24. The van der Waals surface area contributed by atoms with Crippen molar-refractivity contribution >= 4 is 39.0 Å². The van der Waals surface area contributed by atoms with Gasteiger partial charge in [0.2, 0.25) is 0 Å². The molecular weight excluding hydrogens is 330 g/mol. The van der Waals surface area contributed by atoms with Gasteiger partial charge in [-0.1, -0.05) is 11.6 Å².